The molecule has 0 aromatic carbocycles. The molecule has 8 nitrogen and oxygen atoms in total. The molecule has 0 bridgehead atoms. The van der Waals surface area contributed by atoms with Gasteiger partial charge in [-0.25, -0.2) is 4.98 Å². The zero-order chi connectivity index (χ0) is 16.7. The summed E-state index contributed by atoms with van der Waals surface area (Å²) in [5, 5.41) is 23.6. The molecule has 0 aliphatic rings. The molecule has 0 radical (unpaired) electrons. The number of carbonyl (C=O) groups excluding carboxylic acids is 2. The number of carbonyl (C=O) groups is 2. The first-order valence-electron chi connectivity index (χ1n) is 7.04. The van der Waals surface area contributed by atoms with E-state index in [0.717, 1.165) is 0 Å². The Labute approximate surface area is 129 Å². The standard InChI is InChI=1S/C13H21BN4O4/c1-8(2)6-11(14(21)22)18-12(19)9(3)17-13(20)10-7-15-4-5-16-10/h4-5,7-9,11,21-22H,6H2,1-3H3,(H,17,20)(H,18,19)/t9-,11-/m0/s1. The molecular formula is C13H21BN4O4. The van der Waals surface area contributed by atoms with E-state index in [9.17, 15) is 19.6 Å². The fraction of sp³-hybridized carbons (Fsp3) is 0.538. The lowest BCUT2D eigenvalue weighted by Crippen LogP contribution is -2.53. The van der Waals surface area contributed by atoms with Crippen molar-refractivity contribution >= 4 is 18.9 Å². The Morgan fingerprint density at radius 2 is 1.91 bits per heavy atom. The van der Waals surface area contributed by atoms with Gasteiger partial charge in [0.05, 0.1) is 12.1 Å². The summed E-state index contributed by atoms with van der Waals surface area (Å²) in [6, 6.07) is -0.845. The molecule has 0 spiro atoms. The lowest BCUT2D eigenvalue weighted by atomic mass is 9.75. The van der Waals surface area contributed by atoms with E-state index in [0.29, 0.717) is 6.42 Å². The van der Waals surface area contributed by atoms with Crippen LogP contribution < -0.4 is 10.6 Å². The molecule has 0 aliphatic heterocycles. The maximum Gasteiger partial charge on any atom is 0.475 e. The van der Waals surface area contributed by atoms with Gasteiger partial charge in [0.15, 0.2) is 0 Å². The van der Waals surface area contributed by atoms with Crippen LogP contribution in [0.15, 0.2) is 18.6 Å². The minimum Gasteiger partial charge on any atom is -0.426 e. The van der Waals surface area contributed by atoms with Crippen molar-refractivity contribution in [3.63, 3.8) is 0 Å². The van der Waals surface area contributed by atoms with E-state index in [1.165, 1.54) is 25.5 Å². The number of rotatable bonds is 7. The second kappa shape index (κ2) is 8.45. The number of amides is 2. The predicted molar refractivity (Wildman–Crippen MR) is 80.5 cm³/mol. The van der Waals surface area contributed by atoms with Crippen LogP contribution in [0.25, 0.3) is 0 Å². The molecule has 0 saturated carbocycles. The lowest BCUT2D eigenvalue weighted by molar-refractivity contribution is -0.123. The molecule has 1 heterocycles. The van der Waals surface area contributed by atoms with Gasteiger partial charge in [0.1, 0.15) is 11.7 Å². The molecule has 120 valence electrons. The summed E-state index contributed by atoms with van der Waals surface area (Å²) in [4.78, 5) is 31.5. The van der Waals surface area contributed by atoms with Gasteiger partial charge in [-0.1, -0.05) is 13.8 Å². The van der Waals surface area contributed by atoms with Gasteiger partial charge in [-0.3, -0.25) is 14.6 Å². The Morgan fingerprint density at radius 3 is 2.41 bits per heavy atom. The van der Waals surface area contributed by atoms with Crippen LogP contribution in [0.1, 0.15) is 37.7 Å². The van der Waals surface area contributed by atoms with Crippen molar-refractivity contribution in [2.45, 2.75) is 39.2 Å². The maximum atomic E-state index is 12.0. The average molecular weight is 308 g/mol. The highest BCUT2D eigenvalue weighted by Gasteiger charge is 2.28. The first kappa shape index (κ1) is 18.1. The monoisotopic (exact) mass is 308 g/mol. The molecule has 0 unspecified atom stereocenters. The van der Waals surface area contributed by atoms with Crippen LogP contribution in [0.5, 0.6) is 0 Å². The van der Waals surface area contributed by atoms with E-state index in [1.54, 1.807) is 0 Å². The van der Waals surface area contributed by atoms with Crippen molar-refractivity contribution in [3.8, 4) is 0 Å². The molecule has 1 aromatic rings. The van der Waals surface area contributed by atoms with Crippen molar-refractivity contribution in [2.24, 2.45) is 5.92 Å². The van der Waals surface area contributed by atoms with E-state index in [2.05, 4.69) is 20.6 Å². The fourth-order valence-corrected chi connectivity index (χ4v) is 1.82. The first-order chi connectivity index (χ1) is 10.3. The van der Waals surface area contributed by atoms with Crippen molar-refractivity contribution in [2.75, 3.05) is 0 Å². The van der Waals surface area contributed by atoms with Gasteiger partial charge >= 0.3 is 7.12 Å². The van der Waals surface area contributed by atoms with Crippen molar-refractivity contribution in [3.05, 3.63) is 24.3 Å². The Hall–Kier alpha value is -2.00. The highest BCUT2D eigenvalue weighted by molar-refractivity contribution is 6.43. The number of hydrogen-bond donors (Lipinski definition) is 4. The minimum absolute atomic E-state index is 0.100. The van der Waals surface area contributed by atoms with Gasteiger partial charge in [0.25, 0.3) is 5.91 Å². The largest absolute Gasteiger partial charge is 0.475 e. The van der Waals surface area contributed by atoms with Crippen molar-refractivity contribution in [1.29, 1.82) is 0 Å². The summed E-state index contributed by atoms with van der Waals surface area (Å²) in [5.74, 6) is -1.64. The van der Waals surface area contributed by atoms with Crippen LogP contribution in [-0.4, -0.2) is 50.9 Å². The Balaban J connectivity index is 2.59. The van der Waals surface area contributed by atoms with Gasteiger partial charge in [-0.15, -0.1) is 0 Å². The van der Waals surface area contributed by atoms with Crippen LogP contribution >= 0.6 is 0 Å². The summed E-state index contributed by atoms with van der Waals surface area (Å²) >= 11 is 0. The minimum atomic E-state index is -1.66. The smallest absolute Gasteiger partial charge is 0.426 e. The van der Waals surface area contributed by atoms with Gasteiger partial charge < -0.3 is 20.7 Å². The van der Waals surface area contributed by atoms with Gasteiger partial charge in [0.2, 0.25) is 5.91 Å². The molecule has 9 heteroatoms. The topological polar surface area (TPSA) is 124 Å². The quantitative estimate of drug-likeness (QED) is 0.486. The molecule has 2 atom stereocenters. The van der Waals surface area contributed by atoms with Crippen molar-refractivity contribution in [1.82, 2.24) is 20.6 Å². The fourth-order valence-electron chi connectivity index (χ4n) is 1.82. The Kier molecular flexibility index (Phi) is 6.93. The highest BCUT2D eigenvalue weighted by Crippen LogP contribution is 2.06. The van der Waals surface area contributed by atoms with Crippen LogP contribution in [0.2, 0.25) is 0 Å². The lowest BCUT2D eigenvalue weighted by Gasteiger charge is -2.22. The highest BCUT2D eigenvalue weighted by atomic mass is 16.4. The molecule has 1 rings (SSSR count). The summed E-state index contributed by atoms with van der Waals surface area (Å²) in [6.45, 7) is 5.31. The third-order valence-electron chi connectivity index (χ3n) is 2.95. The zero-order valence-corrected chi connectivity index (χ0v) is 12.9. The van der Waals surface area contributed by atoms with Gasteiger partial charge in [0, 0.05) is 12.4 Å². The average Bonchev–Trinajstić information content (AvgIpc) is 2.46. The molecule has 22 heavy (non-hydrogen) atoms. The van der Waals surface area contributed by atoms with Crippen LogP contribution in [0, 0.1) is 5.92 Å². The van der Waals surface area contributed by atoms with E-state index in [-0.39, 0.29) is 11.6 Å². The van der Waals surface area contributed by atoms with Crippen molar-refractivity contribution < 1.29 is 19.6 Å². The number of aromatic nitrogens is 2. The Bertz CT molecular complexity index is 498. The maximum absolute atomic E-state index is 12.0. The molecule has 0 aliphatic carbocycles. The molecule has 0 saturated heterocycles. The molecule has 2 amide bonds. The second-order valence-corrected chi connectivity index (χ2v) is 5.44. The third-order valence-corrected chi connectivity index (χ3v) is 2.95. The van der Waals surface area contributed by atoms with E-state index < -0.39 is 30.9 Å². The number of nitrogens with zero attached hydrogens (tertiary/aromatic N) is 2. The normalized spacial score (nSPS) is 13.4. The summed E-state index contributed by atoms with van der Waals surface area (Å²) in [5.41, 5.74) is 0.100. The van der Waals surface area contributed by atoms with E-state index >= 15 is 0 Å². The third kappa shape index (κ3) is 5.78. The first-order valence-corrected chi connectivity index (χ1v) is 7.04. The second-order valence-electron chi connectivity index (χ2n) is 5.44. The van der Waals surface area contributed by atoms with E-state index in [4.69, 9.17) is 0 Å². The van der Waals surface area contributed by atoms with Crippen LogP contribution in [0.4, 0.5) is 0 Å². The molecular weight excluding hydrogens is 287 g/mol. The molecule has 1 aromatic heterocycles. The zero-order valence-electron chi connectivity index (χ0n) is 12.9. The number of hydrogen-bond acceptors (Lipinski definition) is 6. The predicted octanol–water partition coefficient (Wildman–Crippen LogP) is -0.862. The number of nitrogens with one attached hydrogen (secondary N) is 2. The van der Waals surface area contributed by atoms with E-state index in [1.807, 2.05) is 13.8 Å². The van der Waals surface area contributed by atoms with Crippen LogP contribution in [-0.2, 0) is 4.79 Å². The van der Waals surface area contributed by atoms with Gasteiger partial charge in [-0.05, 0) is 19.3 Å². The summed E-state index contributed by atoms with van der Waals surface area (Å²) in [7, 11) is -1.66. The molecule has 0 fully saturated rings. The molecule has 4 N–H and O–H groups in total. The van der Waals surface area contributed by atoms with Crippen LogP contribution in [0.3, 0.4) is 0 Å². The summed E-state index contributed by atoms with van der Waals surface area (Å²) < 4.78 is 0. The van der Waals surface area contributed by atoms with Gasteiger partial charge in [-0.2, -0.15) is 0 Å². The SMILES string of the molecule is CC(C)C[C@H](NC(=O)[C@H](C)NC(=O)c1cnccn1)B(O)O. The summed E-state index contributed by atoms with van der Waals surface area (Å²) in [6.07, 6.45) is 4.51. The Morgan fingerprint density at radius 1 is 1.23 bits per heavy atom.